The van der Waals surface area contributed by atoms with Gasteiger partial charge in [-0.2, -0.15) is 0 Å². The van der Waals surface area contributed by atoms with Crippen LogP contribution >= 0.6 is 0 Å². The van der Waals surface area contributed by atoms with Gasteiger partial charge in [0.05, 0.1) is 25.3 Å². The highest BCUT2D eigenvalue weighted by molar-refractivity contribution is 6.06. The van der Waals surface area contributed by atoms with Crippen LogP contribution in [0.1, 0.15) is 47.3 Å². The number of benzene rings is 1. The van der Waals surface area contributed by atoms with Crippen molar-refractivity contribution in [1.29, 1.82) is 0 Å². The summed E-state index contributed by atoms with van der Waals surface area (Å²) in [6, 6.07) is 8.79. The normalized spacial score (nSPS) is 15.9. The number of fused-ring (bicyclic) bond motifs is 1. The van der Waals surface area contributed by atoms with Gasteiger partial charge in [0.2, 0.25) is 0 Å². The zero-order chi connectivity index (χ0) is 25.9. The highest BCUT2D eigenvalue weighted by Crippen LogP contribution is 2.30. The Morgan fingerprint density at radius 1 is 1.14 bits per heavy atom. The predicted molar refractivity (Wildman–Crippen MR) is 136 cm³/mol. The average molecular weight is 506 g/mol. The summed E-state index contributed by atoms with van der Waals surface area (Å²) >= 11 is 0. The quantitative estimate of drug-likeness (QED) is 0.528. The molecule has 0 spiro atoms. The lowest BCUT2D eigenvalue weighted by Crippen LogP contribution is -2.44. The minimum atomic E-state index is -0.363. The van der Waals surface area contributed by atoms with Gasteiger partial charge in [-0.1, -0.05) is 6.07 Å². The third kappa shape index (κ3) is 4.99. The Morgan fingerprint density at radius 3 is 2.70 bits per heavy atom. The van der Waals surface area contributed by atoms with Crippen molar-refractivity contribution in [2.45, 2.75) is 38.8 Å². The molecule has 3 amide bonds. The first-order valence-corrected chi connectivity index (χ1v) is 12.5. The molecule has 2 N–H and O–H groups in total. The molecule has 194 valence electrons. The number of aromatic nitrogens is 4. The fourth-order valence-electron chi connectivity index (χ4n) is 4.85. The first-order chi connectivity index (χ1) is 18.0. The summed E-state index contributed by atoms with van der Waals surface area (Å²) in [5.74, 6) is 0.951. The van der Waals surface area contributed by atoms with Crippen molar-refractivity contribution < 1.29 is 19.4 Å². The van der Waals surface area contributed by atoms with E-state index in [4.69, 9.17) is 4.74 Å². The number of aliphatic hydroxyl groups is 1. The first-order valence-electron chi connectivity index (χ1n) is 12.5. The van der Waals surface area contributed by atoms with Crippen molar-refractivity contribution in [3.8, 4) is 17.3 Å². The van der Waals surface area contributed by atoms with Crippen LogP contribution in [0, 0.1) is 0 Å². The summed E-state index contributed by atoms with van der Waals surface area (Å²) in [6.45, 7) is 4.50. The summed E-state index contributed by atoms with van der Waals surface area (Å²) in [6.07, 6.45) is 4.35. The van der Waals surface area contributed by atoms with Gasteiger partial charge >= 0.3 is 6.03 Å². The number of amides is 3. The standard InChI is InChI=1S/C26H31N7O4/c1-17(15-34)33-16-27-30-24(33)21-6-5-7-23(28-21)29-25(35)20-12-19-14-32(26(36)31-9-3-4-10-31)11-8-18(19)13-22(20)37-2/h5-7,12-13,16-17,34H,3-4,8-11,14-15H2,1-2H3,(H,28,29,35). The topological polar surface area (TPSA) is 126 Å². The number of rotatable bonds is 6. The van der Waals surface area contributed by atoms with E-state index in [9.17, 15) is 14.7 Å². The number of hydrogen-bond acceptors (Lipinski definition) is 7. The van der Waals surface area contributed by atoms with E-state index in [2.05, 4.69) is 20.5 Å². The molecule has 0 aliphatic carbocycles. The number of ether oxygens (including phenoxy) is 1. The molecule has 2 aromatic heterocycles. The van der Waals surface area contributed by atoms with E-state index >= 15 is 0 Å². The molecule has 5 rings (SSSR count). The number of anilines is 1. The molecule has 37 heavy (non-hydrogen) atoms. The highest BCUT2D eigenvalue weighted by atomic mass is 16.5. The number of methoxy groups -OCH3 is 1. The fourth-order valence-corrected chi connectivity index (χ4v) is 4.85. The fraction of sp³-hybridized carbons (Fsp3) is 0.423. The molecule has 0 saturated carbocycles. The third-order valence-electron chi connectivity index (χ3n) is 6.96. The number of carbonyl (C=O) groups is 2. The van der Waals surface area contributed by atoms with Crippen molar-refractivity contribution in [3.05, 3.63) is 53.3 Å². The summed E-state index contributed by atoms with van der Waals surface area (Å²) in [5, 5.41) is 20.5. The minimum Gasteiger partial charge on any atom is -0.496 e. The second-order valence-electron chi connectivity index (χ2n) is 9.43. The van der Waals surface area contributed by atoms with Crippen LogP contribution in [0.2, 0.25) is 0 Å². The second-order valence-corrected chi connectivity index (χ2v) is 9.43. The number of urea groups is 1. The predicted octanol–water partition coefficient (Wildman–Crippen LogP) is 2.73. The molecule has 1 atom stereocenters. The van der Waals surface area contributed by atoms with E-state index in [1.807, 2.05) is 28.9 Å². The summed E-state index contributed by atoms with van der Waals surface area (Å²) in [4.78, 5) is 34.6. The van der Waals surface area contributed by atoms with Gasteiger partial charge in [-0.05, 0) is 61.6 Å². The zero-order valence-corrected chi connectivity index (χ0v) is 21.1. The van der Waals surface area contributed by atoms with Crippen molar-refractivity contribution in [1.82, 2.24) is 29.5 Å². The van der Waals surface area contributed by atoms with Crippen LogP contribution in [-0.4, -0.2) is 79.9 Å². The van der Waals surface area contributed by atoms with Gasteiger partial charge in [-0.15, -0.1) is 10.2 Å². The van der Waals surface area contributed by atoms with Crippen LogP contribution in [0.3, 0.4) is 0 Å². The highest BCUT2D eigenvalue weighted by Gasteiger charge is 2.28. The Hall–Kier alpha value is -3.99. The number of nitrogens with one attached hydrogen (secondary N) is 1. The van der Waals surface area contributed by atoms with Gasteiger partial charge in [-0.25, -0.2) is 9.78 Å². The Kier molecular flexibility index (Phi) is 7.04. The number of likely N-dealkylation sites (tertiary alicyclic amines) is 1. The van der Waals surface area contributed by atoms with E-state index in [1.165, 1.54) is 0 Å². The van der Waals surface area contributed by atoms with Gasteiger partial charge in [-0.3, -0.25) is 4.79 Å². The number of hydrogen-bond donors (Lipinski definition) is 2. The SMILES string of the molecule is COc1cc2c(cc1C(=O)Nc1cccc(-c3nncn3C(C)CO)n1)CN(C(=O)N1CCCC1)CC2. The van der Waals surface area contributed by atoms with Crippen molar-refractivity contribution >= 4 is 17.8 Å². The molecular formula is C26H31N7O4. The van der Waals surface area contributed by atoms with E-state index in [0.717, 1.165) is 37.1 Å². The Balaban J connectivity index is 1.37. The van der Waals surface area contributed by atoms with Gasteiger partial charge in [0.25, 0.3) is 5.91 Å². The molecule has 1 fully saturated rings. The van der Waals surface area contributed by atoms with E-state index in [0.29, 0.717) is 48.2 Å². The molecule has 2 aliphatic rings. The first kappa shape index (κ1) is 24.7. The number of carbonyl (C=O) groups excluding carboxylic acids is 2. The van der Waals surface area contributed by atoms with Crippen LogP contribution in [0.5, 0.6) is 5.75 Å². The molecule has 3 aromatic rings. The van der Waals surface area contributed by atoms with Crippen molar-refractivity contribution in [2.75, 3.05) is 38.7 Å². The lowest BCUT2D eigenvalue weighted by Gasteiger charge is -2.32. The van der Waals surface area contributed by atoms with Crippen molar-refractivity contribution in [2.24, 2.45) is 0 Å². The average Bonchev–Trinajstić information content (AvgIpc) is 3.64. The summed E-state index contributed by atoms with van der Waals surface area (Å²) < 4.78 is 7.28. The van der Waals surface area contributed by atoms with Crippen LogP contribution in [-0.2, 0) is 13.0 Å². The van der Waals surface area contributed by atoms with Gasteiger partial charge < -0.3 is 29.5 Å². The molecule has 1 aromatic carbocycles. The van der Waals surface area contributed by atoms with E-state index < -0.39 is 0 Å². The maximum Gasteiger partial charge on any atom is 0.320 e. The van der Waals surface area contributed by atoms with Crippen LogP contribution in [0.25, 0.3) is 11.5 Å². The maximum atomic E-state index is 13.3. The number of pyridine rings is 1. The molecule has 11 nitrogen and oxygen atoms in total. The monoisotopic (exact) mass is 505 g/mol. The molecule has 4 heterocycles. The Morgan fingerprint density at radius 2 is 1.95 bits per heavy atom. The van der Waals surface area contributed by atoms with Gasteiger partial charge in [0, 0.05) is 26.2 Å². The smallest absolute Gasteiger partial charge is 0.320 e. The molecule has 1 unspecified atom stereocenters. The second kappa shape index (κ2) is 10.6. The molecule has 0 bridgehead atoms. The molecule has 0 radical (unpaired) electrons. The minimum absolute atomic E-state index is 0.0642. The molecular weight excluding hydrogens is 474 g/mol. The largest absolute Gasteiger partial charge is 0.496 e. The molecule has 1 saturated heterocycles. The number of nitrogens with zero attached hydrogens (tertiary/aromatic N) is 6. The van der Waals surface area contributed by atoms with E-state index in [1.54, 1.807) is 36.2 Å². The van der Waals surface area contributed by atoms with Crippen molar-refractivity contribution in [3.63, 3.8) is 0 Å². The van der Waals surface area contributed by atoms with Crippen LogP contribution in [0.15, 0.2) is 36.7 Å². The Bertz CT molecular complexity index is 1300. The van der Waals surface area contributed by atoms with Gasteiger partial charge in [0.1, 0.15) is 23.6 Å². The third-order valence-corrected chi connectivity index (χ3v) is 6.96. The maximum absolute atomic E-state index is 13.3. The lowest BCUT2D eigenvalue weighted by atomic mass is 9.96. The van der Waals surface area contributed by atoms with Gasteiger partial charge in [0.15, 0.2) is 5.82 Å². The summed E-state index contributed by atoms with van der Waals surface area (Å²) in [5.41, 5.74) is 2.92. The molecule has 11 heteroatoms. The number of aliphatic hydroxyl groups excluding tert-OH is 1. The zero-order valence-electron chi connectivity index (χ0n) is 21.1. The van der Waals surface area contributed by atoms with Crippen LogP contribution < -0.4 is 10.1 Å². The molecule has 2 aliphatic heterocycles. The lowest BCUT2D eigenvalue weighted by molar-refractivity contribution is 0.102. The van der Waals surface area contributed by atoms with E-state index in [-0.39, 0.29) is 24.6 Å². The van der Waals surface area contributed by atoms with Crippen LogP contribution in [0.4, 0.5) is 10.6 Å². The Labute approximate surface area is 215 Å². The summed E-state index contributed by atoms with van der Waals surface area (Å²) in [7, 11) is 1.54.